The first kappa shape index (κ1) is 20.7. The van der Waals surface area contributed by atoms with Gasteiger partial charge >= 0.3 is 6.36 Å². The van der Waals surface area contributed by atoms with Crippen LogP contribution in [0.2, 0.25) is 0 Å². The minimum atomic E-state index is -4.87. The first-order valence-corrected chi connectivity index (χ1v) is 9.02. The fraction of sp³-hybridized carbons (Fsp3) is 0.600. The molecule has 1 aromatic carbocycles. The molecule has 0 radical (unpaired) electrons. The number of hydrogen-bond donors (Lipinski definition) is 1. The molecule has 0 unspecified atom stereocenters. The van der Waals surface area contributed by atoms with Crippen molar-refractivity contribution in [2.75, 3.05) is 13.1 Å². The van der Waals surface area contributed by atoms with Crippen LogP contribution in [-0.4, -0.2) is 44.9 Å². The van der Waals surface area contributed by atoms with Crippen LogP contribution in [0.25, 0.3) is 0 Å². The van der Waals surface area contributed by atoms with E-state index >= 15 is 0 Å². The van der Waals surface area contributed by atoms with E-state index in [0.717, 1.165) is 12.1 Å². The van der Waals surface area contributed by atoms with Gasteiger partial charge in [0.2, 0.25) is 10.0 Å². The van der Waals surface area contributed by atoms with E-state index in [4.69, 9.17) is 0 Å². The molecule has 1 N–H and O–H groups in total. The molecule has 9 heteroatoms. The van der Waals surface area contributed by atoms with Crippen LogP contribution in [0.5, 0.6) is 5.75 Å². The Hall–Kier alpha value is -1.32. The predicted octanol–water partition coefficient (Wildman–Crippen LogP) is 2.98. The highest BCUT2D eigenvalue weighted by Gasteiger charge is 2.31. The molecule has 0 aliphatic carbocycles. The van der Waals surface area contributed by atoms with Crippen LogP contribution >= 0.6 is 0 Å². The molecule has 0 amide bonds. The van der Waals surface area contributed by atoms with Crippen molar-refractivity contribution in [3.8, 4) is 5.75 Å². The molecule has 0 atom stereocenters. The van der Waals surface area contributed by atoms with E-state index in [2.05, 4.69) is 14.4 Å². The number of benzene rings is 1. The van der Waals surface area contributed by atoms with E-state index in [-0.39, 0.29) is 23.5 Å². The molecule has 0 heterocycles. The number of hydrogen-bond acceptors (Lipinski definition) is 4. The lowest BCUT2D eigenvalue weighted by molar-refractivity contribution is -0.274. The van der Waals surface area contributed by atoms with Gasteiger partial charge in [0.1, 0.15) is 5.75 Å². The molecule has 1 rings (SSSR count). The normalized spacial score (nSPS) is 13.1. The number of rotatable bonds is 8. The number of nitrogens with zero attached hydrogens (tertiary/aromatic N) is 1. The summed E-state index contributed by atoms with van der Waals surface area (Å²) in [5.74, 6) is -0.573. The van der Waals surface area contributed by atoms with Crippen LogP contribution in [0.1, 0.15) is 27.7 Å². The zero-order chi connectivity index (χ0) is 18.5. The lowest BCUT2D eigenvalue weighted by Gasteiger charge is -2.30. The van der Waals surface area contributed by atoms with Gasteiger partial charge in [-0.05, 0) is 39.8 Å². The lowest BCUT2D eigenvalue weighted by atomic mass is 10.2. The largest absolute Gasteiger partial charge is 0.573 e. The Bertz CT molecular complexity index is 623. The number of sulfonamides is 1. The summed E-state index contributed by atoms with van der Waals surface area (Å²) in [6, 6.07) is 4.80. The molecule has 0 bridgehead atoms. The van der Waals surface area contributed by atoms with Gasteiger partial charge in [0.25, 0.3) is 0 Å². The van der Waals surface area contributed by atoms with Crippen LogP contribution in [0.4, 0.5) is 13.2 Å². The maximum atomic E-state index is 12.2. The number of halogens is 3. The van der Waals surface area contributed by atoms with Gasteiger partial charge < -0.3 is 4.74 Å². The van der Waals surface area contributed by atoms with Gasteiger partial charge in [-0.3, -0.25) is 4.90 Å². The second-order valence-corrected chi connectivity index (χ2v) is 7.61. The minimum absolute atomic E-state index is 0.156. The minimum Gasteiger partial charge on any atom is -0.406 e. The summed E-state index contributed by atoms with van der Waals surface area (Å²) < 4.78 is 67.2. The van der Waals surface area contributed by atoms with Crippen LogP contribution in [0, 0.1) is 0 Å². The summed E-state index contributed by atoms with van der Waals surface area (Å²) in [7, 11) is -3.91. The van der Waals surface area contributed by atoms with Crippen molar-refractivity contribution in [3.05, 3.63) is 24.3 Å². The standard InChI is InChI=1S/C15H23F3N2O3S/c1-11(2)20(12(3)4)9-8-19-24(21,22)14-7-5-6-13(10-14)23-15(16,17)18/h5-7,10-12,19H,8-9H2,1-4H3. The summed E-state index contributed by atoms with van der Waals surface area (Å²) in [6.45, 7) is 8.67. The van der Waals surface area contributed by atoms with Crippen LogP contribution in [0.15, 0.2) is 29.2 Å². The Morgan fingerprint density at radius 3 is 2.25 bits per heavy atom. The fourth-order valence-electron chi connectivity index (χ4n) is 2.34. The highest BCUT2D eigenvalue weighted by molar-refractivity contribution is 7.89. The van der Waals surface area contributed by atoms with Crippen molar-refractivity contribution < 1.29 is 26.3 Å². The Morgan fingerprint density at radius 1 is 1.17 bits per heavy atom. The Morgan fingerprint density at radius 2 is 1.75 bits per heavy atom. The van der Waals surface area contributed by atoms with E-state index < -0.39 is 22.1 Å². The number of ether oxygens (including phenoxy) is 1. The quantitative estimate of drug-likeness (QED) is 0.766. The zero-order valence-corrected chi connectivity index (χ0v) is 14.9. The van der Waals surface area contributed by atoms with E-state index in [9.17, 15) is 21.6 Å². The second-order valence-electron chi connectivity index (χ2n) is 5.85. The monoisotopic (exact) mass is 368 g/mol. The SMILES string of the molecule is CC(C)N(CCNS(=O)(=O)c1cccc(OC(F)(F)F)c1)C(C)C. The van der Waals surface area contributed by atoms with Crippen LogP contribution in [-0.2, 0) is 10.0 Å². The summed E-state index contributed by atoms with van der Waals surface area (Å²) in [5, 5.41) is 0. The molecule has 1 aromatic rings. The van der Waals surface area contributed by atoms with Gasteiger partial charge in [0.05, 0.1) is 4.90 Å². The van der Waals surface area contributed by atoms with Crippen molar-refractivity contribution in [1.29, 1.82) is 0 Å². The maximum Gasteiger partial charge on any atom is 0.573 e. The summed E-state index contributed by atoms with van der Waals surface area (Å²) in [6.07, 6.45) is -4.87. The molecule has 5 nitrogen and oxygen atoms in total. The van der Waals surface area contributed by atoms with E-state index in [1.807, 2.05) is 27.7 Å². The van der Waals surface area contributed by atoms with Crippen LogP contribution < -0.4 is 9.46 Å². The molecule has 0 saturated carbocycles. The van der Waals surface area contributed by atoms with Crippen molar-refractivity contribution in [1.82, 2.24) is 9.62 Å². The van der Waals surface area contributed by atoms with Gasteiger partial charge in [-0.25, -0.2) is 13.1 Å². The van der Waals surface area contributed by atoms with Crippen molar-refractivity contribution >= 4 is 10.0 Å². The Balaban J connectivity index is 2.77. The summed E-state index contributed by atoms with van der Waals surface area (Å²) in [4.78, 5) is 1.83. The molecule has 24 heavy (non-hydrogen) atoms. The molecular formula is C15H23F3N2O3S. The van der Waals surface area contributed by atoms with E-state index in [1.54, 1.807) is 0 Å². The third kappa shape index (κ3) is 6.66. The molecule has 0 aliphatic heterocycles. The zero-order valence-electron chi connectivity index (χ0n) is 14.1. The molecule has 0 saturated heterocycles. The first-order valence-electron chi connectivity index (χ1n) is 7.53. The first-order chi connectivity index (χ1) is 10.9. The number of nitrogens with one attached hydrogen (secondary N) is 1. The third-order valence-corrected chi connectivity index (χ3v) is 4.80. The Labute approximate surface area is 140 Å². The van der Waals surface area contributed by atoms with Crippen LogP contribution in [0.3, 0.4) is 0 Å². The molecule has 0 aromatic heterocycles. The lowest BCUT2D eigenvalue weighted by Crippen LogP contribution is -2.42. The Kier molecular flexibility index (Phi) is 7.06. The highest BCUT2D eigenvalue weighted by Crippen LogP contribution is 2.24. The van der Waals surface area contributed by atoms with E-state index in [1.165, 1.54) is 12.1 Å². The highest BCUT2D eigenvalue weighted by atomic mass is 32.2. The smallest absolute Gasteiger partial charge is 0.406 e. The summed E-state index contributed by atoms with van der Waals surface area (Å²) >= 11 is 0. The number of alkyl halides is 3. The summed E-state index contributed by atoms with van der Waals surface area (Å²) in [5.41, 5.74) is 0. The second kappa shape index (κ2) is 8.17. The van der Waals surface area contributed by atoms with Gasteiger partial charge in [0.15, 0.2) is 0 Å². The van der Waals surface area contributed by atoms with E-state index in [0.29, 0.717) is 6.54 Å². The maximum absolute atomic E-state index is 12.2. The van der Waals surface area contributed by atoms with Crippen molar-refractivity contribution in [3.63, 3.8) is 0 Å². The van der Waals surface area contributed by atoms with Gasteiger partial charge in [-0.15, -0.1) is 13.2 Å². The molecule has 0 fully saturated rings. The van der Waals surface area contributed by atoms with Gasteiger partial charge in [-0.2, -0.15) is 0 Å². The molecule has 0 aliphatic rings. The van der Waals surface area contributed by atoms with Gasteiger partial charge in [0, 0.05) is 31.2 Å². The average Bonchev–Trinajstić information content (AvgIpc) is 2.41. The molecule has 0 spiro atoms. The van der Waals surface area contributed by atoms with Crippen molar-refractivity contribution in [2.24, 2.45) is 0 Å². The molecular weight excluding hydrogens is 345 g/mol. The molecule has 138 valence electrons. The topological polar surface area (TPSA) is 58.6 Å². The fourth-order valence-corrected chi connectivity index (χ4v) is 3.40. The van der Waals surface area contributed by atoms with Crippen molar-refractivity contribution in [2.45, 2.75) is 51.0 Å². The average molecular weight is 368 g/mol. The predicted molar refractivity (Wildman–Crippen MR) is 85.3 cm³/mol. The van der Waals surface area contributed by atoms with Gasteiger partial charge in [-0.1, -0.05) is 6.07 Å². The third-order valence-electron chi connectivity index (χ3n) is 3.34.